The first kappa shape index (κ1) is 12.2. The van der Waals surface area contributed by atoms with E-state index in [2.05, 4.69) is 0 Å². The number of benzene rings is 1. The van der Waals surface area contributed by atoms with Crippen molar-refractivity contribution in [3.8, 4) is 16.9 Å². The number of hydrogen-bond acceptors (Lipinski definition) is 2. The molecule has 0 aliphatic rings. The molecule has 18 heavy (non-hydrogen) atoms. The number of ether oxygens (including phenoxy) is 1. The number of nitrogens with zero attached hydrogens (tertiary/aromatic N) is 1. The van der Waals surface area contributed by atoms with Crippen molar-refractivity contribution in [2.24, 2.45) is 0 Å². The second kappa shape index (κ2) is 4.96. The molecule has 2 aromatic rings. The molecule has 1 N–H and O–H groups in total. The lowest BCUT2D eigenvalue weighted by atomic mass is 10.0. The van der Waals surface area contributed by atoms with Gasteiger partial charge in [-0.3, -0.25) is 0 Å². The summed E-state index contributed by atoms with van der Waals surface area (Å²) in [6.45, 7) is 2.71. The quantitative estimate of drug-likeness (QED) is 0.901. The van der Waals surface area contributed by atoms with Crippen molar-refractivity contribution in [3.05, 3.63) is 42.2 Å². The highest BCUT2D eigenvalue weighted by atomic mass is 16.5. The molecule has 0 aliphatic carbocycles. The normalized spacial score (nSPS) is 10.3. The molecule has 0 atom stereocenters. The van der Waals surface area contributed by atoms with Gasteiger partial charge in [0, 0.05) is 24.5 Å². The topological polar surface area (TPSA) is 51.5 Å². The second-order valence-electron chi connectivity index (χ2n) is 3.95. The van der Waals surface area contributed by atoms with Crippen molar-refractivity contribution >= 4 is 5.97 Å². The van der Waals surface area contributed by atoms with Gasteiger partial charge in [0.05, 0.1) is 12.7 Å². The van der Waals surface area contributed by atoms with Gasteiger partial charge in [-0.2, -0.15) is 0 Å². The Morgan fingerprint density at radius 2 is 2.17 bits per heavy atom. The summed E-state index contributed by atoms with van der Waals surface area (Å²) in [6, 6.07) is 7.40. The molecule has 0 saturated carbocycles. The monoisotopic (exact) mass is 245 g/mol. The van der Waals surface area contributed by atoms with Gasteiger partial charge in [-0.1, -0.05) is 12.1 Å². The fourth-order valence-electron chi connectivity index (χ4n) is 1.88. The predicted octanol–water partition coefficient (Wildman–Crippen LogP) is 2.88. The van der Waals surface area contributed by atoms with E-state index in [1.165, 1.54) is 0 Å². The van der Waals surface area contributed by atoms with E-state index in [4.69, 9.17) is 4.74 Å². The van der Waals surface area contributed by atoms with Gasteiger partial charge in [0.2, 0.25) is 0 Å². The van der Waals surface area contributed by atoms with Crippen LogP contribution >= 0.6 is 0 Å². The lowest BCUT2D eigenvalue weighted by molar-refractivity contribution is 0.0697. The molecule has 0 fully saturated rings. The Labute approximate surface area is 105 Å². The Balaban J connectivity index is 2.54. The number of carbonyl (C=O) groups is 1. The summed E-state index contributed by atoms with van der Waals surface area (Å²) in [4.78, 5) is 11.2. The number of aryl methyl sites for hydroxylation is 1. The lowest BCUT2D eigenvalue weighted by Crippen LogP contribution is -1.96. The van der Waals surface area contributed by atoms with E-state index < -0.39 is 5.97 Å². The number of methoxy groups -OCH3 is 1. The number of aromatic carboxylic acids is 1. The fourth-order valence-corrected chi connectivity index (χ4v) is 1.88. The minimum absolute atomic E-state index is 0.310. The van der Waals surface area contributed by atoms with Crippen LogP contribution in [0.2, 0.25) is 0 Å². The van der Waals surface area contributed by atoms with Crippen molar-refractivity contribution in [3.63, 3.8) is 0 Å². The molecule has 0 aliphatic heterocycles. The molecular formula is C14H15NO3. The molecule has 4 nitrogen and oxygen atoms in total. The number of rotatable bonds is 4. The maximum Gasteiger partial charge on any atom is 0.337 e. The summed E-state index contributed by atoms with van der Waals surface area (Å²) in [5, 5.41) is 9.22. The Bertz CT molecular complexity index is 572. The molecule has 0 spiro atoms. The average Bonchev–Trinajstić information content (AvgIpc) is 2.83. The molecule has 0 saturated heterocycles. The highest BCUT2D eigenvalue weighted by Gasteiger charge is 2.14. The largest absolute Gasteiger partial charge is 0.497 e. The average molecular weight is 245 g/mol. The number of hydrogen-bond donors (Lipinski definition) is 1. The summed E-state index contributed by atoms with van der Waals surface area (Å²) in [7, 11) is 1.59. The summed E-state index contributed by atoms with van der Waals surface area (Å²) >= 11 is 0. The van der Waals surface area contributed by atoms with Crippen molar-refractivity contribution in [1.29, 1.82) is 0 Å². The molecule has 1 heterocycles. The summed E-state index contributed by atoms with van der Waals surface area (Å²) < 4.78 is 7.01. The van der Waals surface area contributed by atoms with Gasteiger partial charge >= 0.3 is 5.97 Å². The van der Waals surface area contributed by atoms with E-state index in [1.807, 2.05) is 42.0 Å². The number of aromatic nitrogens is 1. The third-order valence-electron chi connectivity index (χ3n) is 2.86. The van der Waals surface area contributed by atoms with E-state index in [9.17, 15) is 9.90 Å². The third kappa shape index (κ3) is 2.22. The fraction of sp³-hybridized carbons (Fsp3) is 0.214. The first-order valence-corrected chi connectivity index (χ1v) is 5.73. The smallest absolute Gasteiger partial charge is 0.337 e. The van der Waals surface area contributed by atoms with E-state index in [1.54, 1.807) is 13.3 Å². The molecule has 2 rings (SSSR count). The molecule has 1 aromatic carbocycles. The summed E-state index contributed by atoms with van der Waals surface area (Å²) in [5.74, 6) is -0.201. The van der Waals surface area contributed by atoms with Crippen LogP contribution in [-0.4, -0.2) is 22.8 Å². The van der Waals surface area contributed by atoms with E-state index in [-0.39, 0.29) is 0 Å². The maximum atomic E-state index is 11.2. The van der Waals surface area contributed by atoms with Gasteiger partial charge < -0.3 is 14.4 Å². The molecule has 0 unspecified atom stereocenters. The summed E-state index contributed by atoms with van der Waals surface area (Å²) in [5.41, 5.74) is 1.87. The van der Waals surface area contributed by atoms with Crippen LogP contribution in [0.3, 0.4) is 0 Å². The van der Waals surface area contributed by atoms with Crippen molar-refractivity contribution in [2.75, 3.05) is 7.11 Å². The van der Waals surface area contributed by atoms with Gasteiger partial charge in [0.15, 0.2) is 0 Å². The van der Waals surface area contributed by atoms with Crippen LogP contribution in [-0.2, 0) is 6.54 Å². The van der Waals surface area contributed by atoms with E-state index in [0.717, 1.165) is 12.1 Å². The number of carboxylic acid groups (broad SMARTS) is 1. The van der Waals surface area contributed by atoms with Gasteiger partial charge in [-0.25, -0.2) is 4.79 Å². The zero-order valence-electron chi connectivity index (χ0n) is 10.4. The van der Waals surface area contributed by atoms with Crippen molar-refractivity contribution in [2.45, 2.75) is 13.5 Å². The molecule has 94 valence electrons. The first-order valence-electron chi connectivity index (χ1n) is 5.73. The molecule has 1 aromatic heterocycles. The second-order valence-corrected chi connectivity index (χ2v) is 3.95. The molecule has 0 bridgehead atoms. The third-order valence-corrected chi connectivity index (χ3v) is 2.86. The SMILES string of the molecule is CCn1cc(C(=O)O)c(-c2cccc(OC)c2)c1. The van der Waals surface area contributed by atoms with Crippen LogP contribution in [0.5, 0.6) is 5.75 Å². The highest BCUT2D eigenvalue weighted by molar-refractivity contribution is 5.96. The van der Waals surface area contributed by atoms with E-state index in [0.29, 0.717) is 16.9 Å². The molecular weight excluding hydrogens is 230 g/mol. The van der Waals surface area contributed by atoms with Gasteiger partial charge in [-0.15, -0.1) is 0 Å². The zero-order chi connectivity index (χ0) is 13.1. The van der Waals surface area contributed by atoms with Crippen molar-refractivity contribution in [1.82, 2.24) is 4.57 Å². The van der Waals surface area contributed by atoms with Crippen LogP contribution in [0.25, 0.3) is 11.1 Å². The predicted molar refractivity (Wildman–Crippen MR) is 69.1 cm³/mol. The van der Waals surface area contributed by atoms with Crippen LogP contribution in [0.15, 0.2) is 36.7 Å². The van der Waals surface area contributed by atoms with Crippen LogP contribution in [0.1, 0.15) is 17.3 Å². The minimum Gasteiger partial charge on any atom is -0.497 e. The minimum atomic E-state index is -0.917. The van der Waals surface area contributed by atoms with Gasteiger partial charge in [0.1, 0.15) is 5.75 Å². The van der Waals surface area contributed by atoms with Crippen LogP contribution < -0.4 is 4.74 Å². The standard InChI is InChI=1S/C14H15NO3/c1-3-15-8-12(13(9-15)14(16)17)10-5-4-6-11(7-10)18-2/h4-9H,3H2,1-2H3,(H,16,17). The summed E-state index contributed by atoms with van der Waals surface area (Å²) in [6.07, 6.45) is 3.50. The van der Waals surface area contributed by atoms with E-state index >= 15 is 0 Å². The lowest BCUT2D eigenvalue weighted by Gasteiger charge is -2.04. The molecule has 4 heteroatoms. The zero-order valence-corrected chi connectivity index (χ0v) is 10.4. The number of carboxylic acids is 1. The highest BCUT2D eigenvalue weighted by Crippen LogP contribution is 2.28. The molecule has 0 amide bonds. The first-order chi connectivity index (χ1) is 8.65. The Morgan fingerprint density at radius 1 is 1.39 bits per heavy atom. The molecule has 0 radical (unpaired) electrons. The van der Waals surface area contributed by atoms with Gasteiger partial charge in [-0.05, 0) is 24.6 Å². The Hall–Kier alpha value is -2.23. The Morgan fingerprint density at radius 3 is 2.78 bits per heavy atom. The maximum absolute atomic E-state index is 11.2. The van der Waals surface area contributed by atoms with Crippen LogP contribution in [0, 0.1) is 0 Å². The van der Waals surface area contributed by atoms with Crippen LogP contribution in [0.4, 0.5) is 0 Å². The van der Waals surface area contributed by atoms with Crippen molar-refractivity contribution < 1.29 is 14.6 Å². The van der Waals surface area contributed by atoms with Gasteiger partial charge in [0.25, 0.3) is 0 Å². The Kier molecular flexibility index (Phi) is 3.37.